The molecule has 0 aliphatic carbocycles. The van der Waals surface area contributed by atoms with Crippen LogP contribution in [0.5, 0.6) is 5.75 Å². The van der Waals surface area contributed by atoms with Gasteiger partial charge >= 0.3 is 5.97 Å². The van der Waals surface area contributed by atoms with Gasteiger partial charge in [-0.25, -0.2) is 8.42 Å². The number of hydrogen-bond donors (Lipinski definition) is 0. The molecule has 0 N–H and O–H groups in total. The highest BCUT2D eigenvalue weighted by Crippen LogP contribution is 2.26. The van der Waals surface area contributed by atoms with Gasteiger partial charge in [-0.3, -0.25) is 4.79 Å². The SMILES string of the molecule is CCOc1ccc(S(=O)(=O)N2CCC(C(=O)OC(C)C)CC2)cc1. The van der Waals surface area contributed by atoms with E-state index < -0.39 is 10.0 Å². The van der Waals surface area contributed by atoms with Crippen molar-refractivity contribution in [3.63, 3.8) is 0 Å². The van der Waals surface area contributed by atoms with E-state index in [2.05, 4.69) is 0 Å². The molecule has 0 amide bonds. The first kappa shape index (κ1) is 18.7. The van der Waals surface area contributed by atoms with Crippen LogP contribution in [0, 0.1) is 5.92 Å². The Balaban J connectivity index is 2.00. The first-order valence-corrected chi connectivity index (χ1v) is 9.72. The lowest BCUT2D eigenvalue weighted by Crippen LogP contribution is -2.40. The van der Waals surface area contributed by atoms with Crippen LogP contribution in [0.1, 0.15) is 33.6 Å². The Morgan fingerprint density at radius 2 is 1.79 bits per heavy atom. The minimum absolute atomic E-state index is 0.150. The second kappa shape index (κ2) is 7.98. The minimum atomic E-state index is -3.54. The fourth-order valence-corrected chi connectivity index (χ4v) is 4.15. The van der Waals surface area contributed by atoms with E-state index in [0.717, 1.165) is 0 Å². The van der Waals surface area contributed by atoms with Crippen LogP contribution < -0.4 is 4.74 Å². The standard InChI is InChI=1S/C17H25NO5S/c1-4-22-15-5-7-16(8-6-15)24(20,21)18-11-9-14(10-12-18)17(19)23-13(2)3/h5-8,13-14H,4,9-12H2,1-3H3. The highest BCUT2D eigenvalue weighted by Gasteiger charge is 2.33. The number of piperidine rings is 1. The summed E-state index contributed by atoms with van der Waals surface area (Å²) in [5.74, 6) is 0.189. The predicted molar refractivity (Wildman–Crippen MR) is 90.3 cm³/mol. The first-order valence-electron chi connectivity index (χ1n) is 8.28. The van der Waals surface area contributed by atoms with E-state index in [0.29, 0.717) is 38.3 Å². The van der Waals surface area contributed by atoms with E-state index >= 15 is 0 Å². The average molecular weight is 355 g/mol. The Labute approximate surface area is 143 Å². The number of hydrogen-bond acceptors (Lipinski definition) is 5. The van der Waals surface area contributed by atoms with Crippen LogP contribution in [0.4, 0.5) is 0 Å². The maximum Gasteiger partial charge on any atom is 0.309 e. The van der Waals surface area contributed by atoms with Gasteiger partial charge in [-0.15, -0.1) is 0 Å². The number of nitrogens with zero attached hydrogens (tertiary/aromatic N) is 1. The number of carbonyl (C=O) groups excluding carboxylic acids is 1. The molecule has 0 spiro atoms. The van der Waals surface area contributed by atoms with E-state index in [-0.39, 0.29) is 22.9 Å². The molecule has 7 heteroatoms. The van der Waals surface area contributed by atoms with Crippen molar-refractivity contribution in [2.24, 2.45) is 5.92 Å². The maximum atomic E-state index is 12.7. The third kappa shape index (κ3) is 4.48. The van der Waals surface area contributed by atoms with Crippen molar-refractivity contribution in [2.45, 2.75) is 44.6 Å². The van der Waals surface area contributed by atoms with Gasteiger partial charge < -0.3 is 9.47 Å². The van der Waals surface area contributed by atoms with Gasteiger partial charge in [-0.1, -0.05) is 0 Å². The summed E-state index contributed by atoms with van der Waals surface area (Å²) in [6.45, 7) is 6.68. The van der Waals surface area contributed by atoms with Crippen LogP contribution in [-0.4, -0.2) is 44.5 Å². The predicted octanol–water partition coefficient (Wildman–Crippen LogP) is 2.44. The number of rotatable bonds is 6. The molecule has 1 heterocycles. The lowest BCUT2D eigenvalue weighted by molar-refractivity contribution is -0.153. The van der Waals surface area contributed by atoms with Gasteiger partial charge in [0.2, 0.25) is 10.0 Å². The van der Waals surface area contributed by atoms with Crippen LogP contribution in [0.25, 0.3) is 0 Å². The molecule has 0 aromatic heterocycles. The van der Waals surface area contributed by atoms with Crippen LogP contribution in [-0.2, 0) is 19.6 Å². The fraction of sp³-hybridized carbons (Fsp3) is 0.588. The van der Waals surface area contributed by atoms with Crippen LogP contribution in [0.3, 0.4) is 0 Å². The molecular weight excluding hydrogens is 330 g/mol. The van der Waals surface area contributed by atoms with Gasteiger partial charge in [0.1, 0.15) is 5.75 Å². The highest BCUT2D eigenvalue weighted by molar-refractivity contribution is 7.89. The Bertz CT molecular complexity index is 646. The van der Waals surface area contributed by atoms with E-state index in [4.69, 9.17) is 9.47 Å². The first-order chi connectivity index (χ1) is 11.3. The molecule has 0 saturated carbocycles. The molecule has 1 fully saturated rings. The lowest BCUT2D eigenvalue weighted by atomic mass is 9.98. The average Bonchev–Trinajstić information content (AvgIpc) is 2.55. The van der Waals surface area contributed by atoms with Crippen molar-refractivity contribution in [1.82, 2.24) is 4.31 Å². The quantitative estimate of drug-likeness (QED) is 0.733. The molecule has 1 saturated heterocycles. The molecule has 0 atom stereocenters. The van der Waals surface area contributed by atoms with Gasteiger partial charge in [0.05, 0.1) is 23.5 Å². The summed E-state index contributed by atoms with van der Waals surface area (Å²) >= 11 is 0. The van der Waals surface area contributed by atoms with Crippen LogP contribution in [0.15, 0.2) is 29.2 Å². The number of benzene rings is 1. The van der Waals surface area contributed by atoms with Gasteiger partial charge in [-0.05, 0) is 57.9 Å². The minimum Gasteiger partial charge on any atom is -0.494 e. The normalized spacial score (nSPS) is 17.0. The Hall–Kier alpha value is -1.60. The maximum absolute atomic E-state index is 12.7. The van der Waals surface area contributed by atoms with Gasteiger partial charge in [0.15, 0.2) is 0 Å². The zero-order valence-electron chi connectivity index (χ0n) is 14.4. The molecule has 1 aromatic carbocycles. The monoisotopic (exact) mass is 355 g/mol. The van der Waals surface area contributed by atoms with Crippen molar-refractivity contribution >= 4 is 16.0 Å². The molecule has 0 radical (unpaired) electrons. The lowest BCUT2D eigenvalue weighted by Gasteiger charge is -2.30. The second-order valence-electron chi connectivity index (χ2n) is 6.07. The van der Waals surface area contributed by atoms with E-state index in [9.17, 15) is 13.2 Å². The molecule has 1 aromatic rings. The third-order valence-corrected chi connectivity index (χ3v) is 5.82. The second-order valence-corrected chi connectivity index (χ2v) is 8.01. The topological polar surface area (TPSA) is 72.9 Å². The highest BCUT2D eigenvalue weighted by atomic mass is 32.2. The molecule has 1 aliphatic rings. The number of esters is 1. The van der Waals surface area contributed by atoms with Gasteiger partial charge in [-0.2, -0.15) is 4.31 Å². The number of ether oxygens (including phenoxy) is 2. The van der Waals surface area contributed by atoms with Crippen molar-refractivity contribution in [3.8, 4) is 5.75 Å². The van der Waals surface area contributed by atoms with Gasteiger partial charge in [0, 0.05) is 13.1 Å². The molecule has 6 nitrogen and oxygen atoms in total. The third-order valence-electron chi connectivity index (χ3n) is 3.91. The van der Waals surface area contributed by atoms with Gasteiger partial charge in [0.25, 0.3) is 0 Å². The molecule has 1 aliphatic heterocycles. The summed E-state index contributed by atoms with van der Waals surface area (Å²) in [4.78, 5) is 12.2. The molecule has 0 unspecified atom stereocenters. The fourth-order valence-electron chi connectivity index (χ4n) is 2.68. The Morgan fingerprint density at radius 3 is 2.29 bits per heavy atom. The number of sulfonamides is 1. The van der Waals surface area contributed by atoms with E-state index in [1.54, 1.807) is 24.3 Å². The molecular formula is C17H25NO5S. The summed E-state index contributed by atoms with van der Waals surface area (Å²) in [5.41, 5.74) is 0. The summed E-state index contributed by atoms with van der Waals surface area (Å²) in [7, 11) is -3.54. The smallest absolute Gasteiger partial charge is 0.309 e. The van der Waals surface area contributed by atoms with E-state index in [1.807, 2.05) is 20.8 Å². The zero-order valence-corrected chi connectivity index (χ0v) is 15.2. The summed E-state index contributed by atoms with van der Waals surface area (Å²) in [5, 5.41) is 0. The van der Waals surface area contributed by atoms with Crippen LogP contribution >= 0.6 is 0 Å². The van der Waals surface area contributed by atoms with Crippen molar-refractivity contribution in [3.05, 3.63) is 24.3 Å². The Morgan fingerprint density at radius 1 is 1.21 bits per heavy atom. The summed E-state index contributed by atoms with van der Waals surface area (Å²) in [6, 6.07) is 6.42. The molecule has 24 heavy (non-hydrogen) atoms. The molecule has 0 bridgehead atoms. The molecule has 134 valence electrons. The molecule has 2 rings (SSSR count). The Kier molecular flexibility index (Phi) is 6.23. The summed E-state index contributed by atoms with van der Waals surface area (Å²) < 4.78 is 37.3. The van der Waals surface area contributed by atoms with Crippen LogP contribution in [0.2, 0.25) is 0 Å². The van der Waals surface area contributed by atoms with E-state index in [1.165, 1.54) is 4.31 Å². The van der Waals surface area contributed by atoms with Crippen molar-refractivity contribution < 1.29 is 22.7 Å². The van der Waals surface area contributed by atoms with Crippen molar-refractivity contribution in [2.75, 3.05) is 19.7 Å². The van der Waals surface area contributed by atoms with Crippen molar-refractivity contribution in [1.29, 1.82) is 0 Å². The largest absolute Gasteiger partial charge is 0.494 e. The summed E-state index contributed by atoms with van der Waals surface area (Å²) in [6.07, 6.45) is 0.826. The number of carbonyl (C=O) groups is 1. The zero-order chi connectivity index (χ0) is 17.7.